The minimum Gasteiger partial charge on any atom is -0.426 e. The molecule has 1 radical (unpaired) electrons. The summed E-state index contributed by atoms with van der Waals surface area (Å²) in [6.07, 6.45) is 3.68. The van der Waals surface area contributed by atoms with Gasteiger partial charge < -0.3 is 4.74 Å². The molecule has 117 valence electrons. The lowest BCUT2D eigenvalue weighted by molar-refractivity contribution is -0.134. The molecule has 0 aromatic heterocycles. The number of benzene rings is 2. The summed E-state index contributed by atoms with van der Waals surface area (Å²) >= 11 is 0. The first-order valence-corrected chi connectivity index (χ1v) is 7.49. The van der Waals surface area contributed by atoms with Crippen LogP contribution < -0.4 is 4.74 Å². The van der Waals surface area contributed by atoms with Crippen LogP contribution in [0.5, 0.6) is 5.75 Å². The summed E-state index contributed by atoms with van der Waals surface area (Å²) in [5.41, 5.74) is 0.671. The average Bonchev–Trinajstić information content (AvgIpc) is 2.59. The minimum atomic E-state index is -0.373. The van der Waals surface area contributed by atoms with Gasteiger partial charge in [0.15, 0.2) is 5.78 Å². The van der Waals surface area contributed by atoms with Gasteiger partial charge in [-0.05, 0) is 18.6 Å². The molecule has 0 unspecified atom stereocenters. The number of carbonyl (C=O) groups is 2. The molecule has 0 aliphatic heterocycles. The second-order valence-electron chi connectivity index (χ2n) is 5.05. The number of ketones is 1. The van der Waals surface area contributed by atoms with E-state index in [4.69, 9.17) is 4.74 Å². The van der Waals surface area contributed by atoms with Gasteiger partial charge in [0.05, 0.1) is 5.56 Å². The van der Waals surface area contributed by atoms with Crippen molar-refractivity contribution in [2.75, 3.05) is 0 Å². The molecule has 4 nitrogen and oxygen atoms in total. The van der Waals surface area contributed by atoms with Gasteiger partial charge in [-0.25, -0.2) is 0 Å². The molecule has 2 aromatic carbocycles. The van der Waals surface area contributed by atoms with E-state index in [1.54, 1.807) is 48.8 Å². The Morgan fingerprint density at radius 1 is 1.00 bits per heavy atom. The number of ether oxygens (including phenoxy) is 1. The third-order valence-electron chi connectivity index (χ3n) is 3.37. The summed E-state index contributed by atoms with van der Waals surface area (Å²) in [5, 5.41) is 0. The SMILES string of the molecule is CCCCC(=O)Oc1ccccc1C(=O)c1ccccc1[C]=O. The zero-order valence-corrected chi connectivity index (χ0v) is 12.9. The predicted octanol–water partition coefficient (Wildman–Crippen LogP) is 3.47. The molecule has 0 atom stereocenters. The van der Waals surface area contributed by atoms with Gasteiger partial charge in [-0.15, -0.1) is 0 Å². The van der Waals surface area contributed by atoms with E-state index in [1.165, 1.54) is 6.07 Å². The van der Waals surface area contributed by atoms with Gasteiger partial charge in [0.25, 0.3) is 0 Å². The number of rotatable bonds is 7. The minimum absolute atomic E-state index is 0.185. The fourth-order valence-corrected chi connectivity index (χ4v) is 2.15. The summed E-state index contributed by atoms with van der Waals surface area (Å²) in [7, 11) is 0. The van der Waals surface area contributed by atoms with Gasteiger partial charge in [-0.1, -0.05) is 49.7 Å². The van der Waals surface area contributed by atoms with Crippen molar-refractivity contribution >= 4 is 18.0 Å². The van der Waals surface area contributed by atoms with Crippen LogP contribution in [0, 0.1) is 0 Å². The standard InChI is InChI=1S/C19H17O4/c1-2-3-12-18(21)23-17-11-7-6-10-16(17)19(22)15-9-5-4-8-14(15)13-20/h4-11H,2-3,12H2,1H3. The predicted molar refractivity (Wildman–Crippen MR) is 86.3 cm³/mol. The second-order valence-corrected chi connectivity index (χ2v) is 5.05. The quantitative estimate of drug-likeness (QED) is 0.446. The Balaban J connectivity index is 2.31. The normalized spacial score (nSPS) is 10.1. The first kappa shape index (κ1) is 16.6. The number of esters is 1. The summed E-state index contributed by atoms with van der Waals surface area (Å²) in [6.45, 7) is 1.98. The molecule has 0 aliphatic rings. The smallest absolute Gasteiger partial charge is 0.311 e. The highest BCUT2D eigenvalue weighted by Crippen LogP contribution is 2.23. The summed E-state index contributed by atoms with van der Waals surface area (Å²) in [5.74, 6) is -0.538. The van der Waals surface area contributed by atoms with E-state index in [2.05, 4.69) is 0 Å². The van der Waals surface area contributed by atoms with Crippen molar-refractivity contribution in [1.82, 2.24) is 0 Å². The third-order valence-corrected chi connectivity index (χ3v) is 3.37. The Bertz CT molecular complexity index is 719. The van der Waals surface area contributed by atoms with Crippen LogP contribution in [-0.2, 0) is 9.59 Å². The van der Waals surface area contributed by atoms with Crippen LogP contribution in [0.3, 0.4) is 0 Å². The Hall–Kier alpha value is -2.75. The van der Waals surface area contributed by atoms with Gasteiger partial charge in [0, 0.05) is 17.5 Å². The van der Waals surface area contributed by atoms with Crippen molar-refractivity contribution < 1.29 is 19.1 Å². The van der Waals surface area contributed by atoms with Crippen molar-refractivity contribution in [2.45, 2.75) is 26.2 Å². The van der Waals surface area contributed by atoms with Gasteiger partial charge in [-0.2, -0.15) is 0 Å². The molecule has 0 N–H and O–H groups in total. The summed E-state index contributed by atoms with van der Waals surface area (Å²) in [6, 6.07) is 12.9. The first-order chi connectivity index (χ1) is 11.2. The Morgan fingerprint density at radius 2 is 1.65 bits per heavy atom. The maximum atomic E-state index is 12.7. The molecule has 4 heteroatoms. The number of para-hydroxylation sites is 1. The molecule has 0 saturated heterocycles. The summed E-state index contributed by atoms with van der Waals surface area (Å²) in [4.78, 5) is 35.5. The second kappa shape index (κ2) is 8.03. The van der Waals surface area contributed by atoms with E-state index in [-0.39, 0.29) is 34.2 Å². The Labute approximate surface area is 135 Å². The molecule has 0 fully saturated rings. The van der Waals surface area contributed by atoms with Crippen LogP contribution in [0.4, 0.5) is 0 Å². The first-order valence-electron chi connectivity index (χ1n) is 7.49. The molecule has 2 aromatic rings. The van der Waals surface area contributed by atoms with E-state index >= 15 is 0 Å². The molecule has 2 rings (SSSR count). The van der Waals surface area contributed by atoms with Crippen LogP contribution in [-0.4, -0.2) is 18.0 Å². The van der Waals surface area contributed by atoms with Crippen LogP contribution in [0.25, 0.3) is 0 Å². The lowest BCUT2D eigenvalue weighted by Crippen LogP contribution is -2.12. The number of hydrogen-bond donors (Lipinski definition) is 0. The zero-order chi connectivity index (χ0) is 16.7. The van der Waals surface area contributed by atoms with Gasteiger partial charge in [-0.3, -0.25) is 14.4 Å². The molecule has 0 heterocycles. The van der Waals surface area contributed by atoms with Crippen molar-refractivity contribution in [3.8, 4) is 5.75 Å². The lowest BCUT2D eigenvalue weighted by Gasteiger charge is -2.10. The van der Waals surface area contributed by atoms with Crippen molar-refractivity contribution in [3.63, 3.8) is 0 Å². The van der Waals surface area contributed by atoms with E-state index < -0.39 is 0 Å². The summed E-state index contributed by atoms with van der Waals surface area (Å²) < 4.78 is 5.31. The molecule has 0 aliphatic carbocycles. The van der Waals surface area contributed by atoms with E-state index in [9.17, 15) is 14.4 Å². The fraction of sp³-hybridized carbons (Fsp3) is 0.211. The Morgan fingerprint density at radius 3 is 2.35 bits per heavy atom. The third kappa shape index (κ3) is 4.13. The number of unbranched alkanes of at least 4 members (excludes halogenated alkanes) is 1. The fourth-order valence-electron chi connectivity index (χ4n) is 2.15. The van der Waals surface area contributed by atoms with E-state index in [1.807, 2.05) is 6.92 Å². The van der Waals surface area contributed by atoms with Gasteiger partial charge >= 0.3 is 5.97 Å². The molecule has 23 heavy (non-hydrogen) atoms. The number of carbonyl (C=O) groups excluding carboxylic acids is 3. The molecular formula is C19H17O4. The molecule has 0 amide bonds. The Kier molecular flexibility index (Phi) is 5.80. The zero-order valence-electron chi connectivity index (χ0n) is 12.9. The van der Waals surface area contributed by atoms with Crippen LogP contribution in [0.1, 0.15) is 47.7 Å². The molecule has 0 saturated carbocycles. The monoisotopic (exact) mass is 309 g/mol. The topological polar surface area (TPSA) is 60.4 Å². The van der Waals surface area contributed by atoms with E-state index in [0.717, 1.165) is 12.8 Å². The maximum absolute atomic E-state index is 12.7. The highest BCUT2D eigenvalue weighted by Gasteiger charge is 2.18. The van der Waals surface area contributed by atoms with Crippen molar-refractivity contribution in [2.24, 2.45) is 0 Å². The molecular weight excluding hydrogens is 292 g/mol. The maximum Gasteiger partial charge on any atom is 0.311 e. The highest BCUT2D eigenvalue weighted by molar-refractivity contribution is 6.14. The average molecular weight is 309 g/mol. The van der Waals surface area contributed by atoms with Gasteiger partial charge in [0.2, 0.25) is 6.29 Å². The van der Waals surface area contributed by atoms with Gasteiger partial charge in [0.1, 0.15) is 5.75 Å². The lowest BCUT2D eigenvalue weighted by atomic mass is 9.98. The van der Waals surface area contributed by atoms with Crippen LogP contribution in [0.15, 0.2) is 48.5 Å². The molecule has 0 bridgehead atoms. The molecule has 0 spiro atoms. The van der Waals surface area contributed by atoms with Crippen molar-refractivity contribution in [3.05, 3.63) is 65.2 Å². The largest absolute Gasteiger partial charge is 0.426 e. The van der Waals surface area contributed by atoms with Crippen LogP contribution in [0.2, 0.25) is 0 Å². The van der Waals surface area contributed by atoms with E-state index in [0.29, 0.717) is 6.42 Å². The van der Waals surface area contributed by atoms with Crippen LogP contribution >= 0.6 is 0 Å². The number of hydrogen-bond acceptors (Lipinski definition) is 4. The van der Waals surface area contributed by atoms with Crippen molar-refractivity contribution in [1.29, 1.82) is 0 Å². The highest BCUT2D eigenvalue weighted by atomic mass is 16.5.